The van der Waals surface area contributed by atoms with Crippen molar-refractivity contribution in [1.29, 1.82) is 0 Å². The number of carbonyl (C=O) groups is 1. The Balaban J connectivity index is 1.50. The quantitative estimate of drug-likeness (QED) is 0.640. The van der Waals surface area contributed by atoms with Gasteiger partial charge in [-0.25, -0.2) is 0 Å². The third-order valence-corrected chi connectivity index (χ3v) is 8.93. The Morgan fingerprint density at radius 3 is 2.06 bits per heavy atom. The number of morpholine rings is 1. The van der Waals surface area contributed by atoms with Crippen LogP contribution in [0.5, 0.6) is 0 Å². The second kappa shape index (κ2) is 9.51. The van der Waals surface area contributed by atoms with E-state index in [0.717, 1.165) is 5.56 Å². The minimum absolute atomic E-state index is 0.0246. The van der Waals surface area contributed by atoms with Crippen LogP contribution < -0.4 is 0 Å². The van der Waals surface area contributed by atoms with E-state index in [9.17, 15) is 13.2 Å². The van der Waals surface area contributed by atoms with Crippen LogP contribution in [-0.2, 0) is 29.9 Å². The Morgan fingerprint density at radius 2 is 1.45 bits per heavy atom. The summed E-state index contributed by atoms with van der Waals surface area (Å²) in [6.07, 6.45) is 1.05. The van der Waals surface area contributed by atoms with Crippen LogP contribution >= 0.6 is 23.2 Å². The molecule has 3 heterocycles. The van der Waals surface area contributed by atoms with E-state index in [1.54, 1.807) is 17.0 Å². The number of ether oxygens (including phenoxy) is 2. The van der Waals surface area contributed by atoms with E-state index in [-0.39, 0.29) is 19.0 Å². The smallest absolute Gasteiger partial charge is 0.282 e. The van der Waals surface area contributed by atoms with Crippen LogP contribution in [-0.4, -0.2) is 93.5 Å². The number of benzene rings is 1. The Morgan fingerprint density at radius 1 is 0.871 bits per heavy atom. The average molecular weight is 492 g/mol. The number of nitrogens with zero attached hydrogens (tertiary/aromatic N) is 3. The monoisotopic (exact) mass is 491 g/mol. The Hall–Kier alpha value is -0.940. The molecule has 1 aromatic rings. The maximum Gasteiger partial charge on any atom is 0.282 e. The molecule has 3 saturated heterocycles. The van der Waals surface area contributed by atoms with Crippen LogP contribution in [0, 0.1) is 0 Å². The van der Waals surface area contributed by atoms with Gasteiger partial charge in [-0.1, -0.05) is 29.3 Å². The Labute approximate surface area is 193 Å². The molecule has 1 amide bonds. The van der Waals surface area contributed by atoms with E-state index in [0.29, 0.717) is 75.5 Å². The molecular formula is C20H27Cl2N3O5S. The zero-order chi connectivity index (χ0) is 22.1. The van der Waals surface area contributed by atoms with Crippen LogP contribution in [0.3, 0.4) is 0 Å². The summed E-state index contributed by atoms with van der Waals surface area (Å²) in [5.74, 6) is -0.0246. The van der Waals surface area contributed by atoms with Crippen molar-refractivity contribution in [3.05, 3.63) is 33.8 Å². The van der Waals surface area contributed by atoms with Gasteiger partial charge in [-0.3, -0.25) is 4.79 Å². The molecule has 0 spiro atoms. The van der Waals surface area contributed by atoms with Crippen molar-refractivity contribution in [2.75, 3.05) is 65.7 Å². The van der Waals surface area contributed by atoms with Crippen molar-refractivity contribution in [3.63, 3.8) is 0 Å². The van der Waals surface area contributed by atoms with E-state index < -0.39 is 15.6 Å². The minimum atomic E-state index is -3.55. The highest BCUT2D eigenvalue weighted by molar-refractivity contribution is 7.86. The van der Waals surface area contributed by atoms with Crippen LogP contribution in [0.1, 0.15) is 18.4 Å². The molecule has 172 valence electrons. The SMILES string of the molecule is O=C(N1CCN(S(=O)(=O)N2CCOCC2)CC1)C1(c2ccc(Cl)cc2Cl)CCOCC1. The molecule has 3 aliphatic heterocycles. The summed E-state index contributed by atoms with van der Waals surface area (Å²) in [5, 5.41) is 0.988. The molecule has 0 aromatic heterocycles. The number of piperazine rings is 1. The van der Waals surface area contributed by atoms with Gasteiger partial charge in [0.15, 0.2) is 0 Å². The van der Waals surface area contributed by atoms with E-state index >= 15 is 0 Å². The van der Waals surface area contributed by atoms with Gasteiger partial charge in [0.2, 0.25) is 5.91 Å². The first-order chi connectivity index (χ1) is 14.8. The molecule has 0 radical (unpaired) electrons. The lowest BCUT2D eigenvalue weighted by Gasteiger charge is -2.43. The number of carbonyl (C=O) groups excluding carboxylic acids is 1. The molecular weight excluding hydrogens is 465 g/mol. The molecule has 0 atom stereocenters. The number of amides is 1. The maximum atomic E-state index is 13.8. The van der Waals surface area contributed by atoms with Gasteiger partial charge in [0.25, 0.3) is 10.2 Å². The topological polar surface area (TPSA) is 79.4 Å². The highest BCUT2D eigenvalue weighted by Gasteiger charge is 2.46. The lowest BCUT2D eigenvalue weighted by atomic mass is 9.72. The van der Waals surface area contributed by atoms with Crippen molar-refractivity contribution in [1.82, 2.24) is 13.5 Å². The lowest BCUT2D eigenvalue weighted by Crippen LogP contribution is -2.59. The van der Waals surface area contributed by atoms with Crippen LogP contribution in [0.25, 0.3) is 0 Å². The number of hydrogen-bond acceptors (Lipinski definition) is 5. The van der Waals surface area contributed by atoms with Gasteiger partial charge in [-0.2, -0.15) is 17.0 Å². The second-order valence-corrected chi connectivity index (χ2v) is 10.8. The van der Waals surface area contributed by atoms with Gasteiger partial charge >= 0.3 is 0 Å². The molecule has 8 nitrogen and oxygen atoms in total. The predicted octanol–water partition coefficient (Wildman–Crippen LogP) is 1.76. The largest absolute Gasteiger partial charge is 0.381 e. The molecule has 1 aromatic carbocycles. The average Bonchev–Trinajstić information content (AvgIpc) is 2.79. The Kier molecular flexibility index (Phi) is 7.12. The van der Waals surface area contributed by atoms with E-state index in [1.165, 1.54) is 8.61 Å². The standard InChI is InChI=1S/C20H27Cl2N3O5S/c21-16-1-2-17(18(22)15-16)20(3-11-29-12-4-20)19(26)23-5-7-24(8-6-23)31(27,28)25-9-13-30-14-10-25/h1-2,15H,3-14H2. The molecule has 0 bridgehead atoms. The summed E-state index contributed by atoms with van der Waals surface area (Å²) in [6.45, 7) is 3.70. The summed E-state index contributed by atoms with van der Waals surface area (Å²) in [5.41, 5.74) is -0.0271. The fourth-order valence-electron chi connectivity index (χ4n) is 4.56. The van der Waals surface area contributed by atoms with Gasteiger partial charge in [0, 0.05) is 62.5 Å². The van der Waals surface area contributed by atoms with Crippen molar-refractivity contribution < 1.29 is 22.7 Å². The zero-order valence-corrected chi connectivity index (χ0v) is 19.6. The fourth-order valence-corrected chi connectivity index (χ4v) is 6.71. The number of hydrogen-bond donors (Lipinski definition) is 0. The predicted molar refractivity (Wildman–Crippen MR) is 118 cm³/mol. The Bertz CT molecular complexity index is 909. The summed E-state index contributed by atoms with van der Waals surface area (Å²) in [7, 11) is -3.55. The molecule has 4 rings (SSSR count). The summed E-state index contributed by atoms with van der Waals surface area (Å²) >= 11 is 12.6. The molecule has 31 heavy (non-hydrogen) atoms. The third-order valence-electron chi connectivity index (χ3n) is 6.35. The molecule has 11 heteroatoms. The first kappa shape index (κ1) is 23.2. The van der Waals surface area contributed by atoms with Gasteiger partial charge in [0.1, 0.15) is 0 Å². The van der Waals surface area contributed by atoms with Gasteiger partial charge < -0.3 is 14.4 Å². The van der Waals surface area contributed by atoms with E-state index in [2.05, 4.69) is 0 Å². The first-order valence-corrected chi connectivity index (χ1v) is 12.7. The van der Waals surface area contributed by atoms with Crippen molar-refractivity contribution >= 4 is 39.3 Å². The van der Waals surface area contributed by atoms with Crippen LogP contribution in [0.2, 0.25) is 10.0 Å². The summed E-state index contributed by atoms with van der Waals surface area (Å²) in [6, 6.07) is 5.24. The van der Waals surface area contributed by atoms with Crippen LogP contribution in [0.4, 0.5) is 0 Å². The van der Waals surface area contributed by atoms with Crippen molar-refractivity contribution in [2.24, 2.45) is 0 Å². The summed E-state index contributed by atoms with van der Waals surface area (Å²) < 4.78 is 39.6. The zero-order valence-electron chi connectivity index (χ0n) is 17.3. The molecule has 3 fully saturated rings. The normalized spacial score (nSPS) is 23.6. The third kappa shape index (κ3) is 4.59. The van der Waals surface area contributed by atoms with Crippen molar-refractivity contribution in [2.45, 2.75) is 18.3 Å². The lowest BCUT2D eigenvalue weighted by molar-refractivity contribution is -0.142. The fraction of sp³-hybridized carbons (Fsp3) is 0.650. The van der Waals surface area contributed by atoms with Crippen LogP contribution in [0.15, 0.2) is 18.2 Å². The highest BCUT2D eigenvalue weighted by atomic mass is 35.5. The first-order valence-electron chi connectivity index (χ1n) is 10.5. The number of halogens is 2. The maximum absolute atomic E-state index is 13.8. The highest BCUT2D eigenvalue weighted by Crippen LogP contribution is 2.41. The molecule has 3 aliphatic rings. The van der Waals surface area contributed by atoms with Gasteiger partial charge in [0.05, 0.1) is 18.6 Å². The minimum Gasteiger partial charge on any atom is -0.381 e. The molecule has 0 saturated carbocycles. The number of rotatable bonds is 4. The molecule has 0 N–H and O–H groups in total. The van der Waals surface area contributed by atoms with Gasteiger partial charge in [-0.15, -0.1) is 0 Å². The molecule has 0 unspecified atom stereocenters. The second-order valence-electron chi connectivity index (χ2n) is 8.03. The van der Waals surface area contributed by atoms with E-state index in [1.807, 2.05) is 6.07 Å². The van der Waals surface area contributed by atoms with Gasteiger partial charge in [-0.05, 0) is 30.5 Å². The summed E-state index contributed by atoms with van der Waals surface area (Å²) in [4.78, 5) is 15.5. The molecule has 0 aliphatic carbocycles. The van der Waals surface area contributed by atoms with E-state index in [4.69, 9.17) is 32.7 Å². The van der Waals surface area contributed by atoms with Crippen molar-refractivity contribution in [3.8, 4) is 0 Å².